The lowest BCUT2D eigenvalue weighted by Gasteiger charge is -2.33. The molecule has 2 fully saturated rings. The smallest absolute Gasteiger partial charge is 0.245 e. The number of halogens is 1. The normalized spacial score (nSPS) is 24.8. The van der Waals surface area contributed by atoms with Gasteiger partial charge in [0.25, 0.3) is 0 Å². The minimum absolute atomic E-state index is 0.00114. The second kappa shape index (κ2) is 7.11. The van der Waals surface area contributed by atoms with Crippen molar-refractivity contribution in [3.05, 3.63) is 48.0 Å². The van der Waals surface area contributed by atoms with E-state index in [1.54, 1.807) is 35.5 Å². The van der Waals surface area contributed by atoms with E-state index >= 15 is 0 Å². The number of carbonyl (C=O) groups excluding carboxylic acids is 2. The van der Waals surface area contributed by atoms with Crippen LogP contribution in [0, 0.1) is 5.82 Å². The van der Waals surface area contributed by atoms with Crippen LogP contribution in [0.1, 0.15) is 25.3 Å². The van der Waals surface area contributed by atoms with Gasteiger partial charge in [-0.15, -0.1) is 0 Å². The van der Waals surface area contributed by atoms with Crippen LogP contribution < -0.4 is 10.6 Å². The van der Waals surface area contributed by atoms with Crippen LogP contribution in [-0.2, 0) is 16.1 Å². The second-order valence-corrected chi connectivity index (χ2v) is 7.03. The number of nitrogens with zero attached hydrogens (tertiary/aromatic N) is 3. The van der Waals surface area contributed by atoms with Crippen LogP contribution in [0.4, 0.5) is 4.39 Å². The summed E-state index contributed by atoms with van der Waals surface area (Å²) >= 11 is 0. The van der Waals surface area contributed by atoms with Crippen molar-refractivity contribution < 1.29 is 14.0 Å². The molecule has 8 heteroatoms. The Morgan fingerprint density at radius 2 is 2.15 bits per heavy atom. The number of para-hydroxylation sites is 1. The summed E-state index contributed by atoms with van der Waals surface area (Å²) in [6.07, 6.45) is 4.65. The molecule has 2 N–H and O–H groups in total. The van der Waals surface area contributed by atoms with Crippen LogP contribution >= 0.6 is 0 Å². The number of benzene rings is 1. The van der Waals surface area contributed by atoms with Crippen molar-refractivity contribution in [3.63, 3.8) is 0 Å². The molecular formula is C19H22FN5O2. The van der Waals surface area contributed by atoms with E-state index in [4.69, 9.17) is 0 Å². The second-order valence-electron chi connectivity index (χ2n) is 7.03. The summed E-state index contributed by atoms with van der Waals surface area (Å²) in [7, 11) is 0. The maximum atomic E-state index is 13.9. The van der Waals surface area contributed by atoms with E-state index in [0.717, 1.165) is 5.56 Å². The number of piperazine rings is 1. The van der Waals surface area contributed by atoms with Crippen LogP contribution in [0.15, 0.2) is 36.7 Å². The zero-order valence-corrected chi connectivity index (χ0v) is 15.1. The van der Waals surface area contributed by atoms with Gasteiger partial charge < -0.3 is 15.5 Å². The van der Waals surface area contributed by atoms with Crippen LogP contribution in [0.2, 0.25) is 0 Å². The fourth-order valence-corrected chi connectivity index (χ4v) is 3.77. The molecule has 1 aromatic carbocycles. The molecule has 4 rings (SSSR count). The van der Waals surface area contributed by atoms with E-state index in [0.29, 0.717) is 31.6 Å². The fourth-order valence-electron chi connectivity index (χ4n) is 3.77. The molecule has 0 saturated carbocycles. The van der Waals surface area contributed by atoms with Crippen LogP contribution in [0.3, 0.4) is 0 Å². The Balaban J connectivity index is 1.39. The zero-order valence-electron chi connectivity index (χ0n) is 15.1. The van der Waals surface area contributed by atoms with Crippen molar-refractivity contribution in [3.8, 4) is 5.69 Å². The predicted octanol–water partition coefficient (Wildman–Crippen LogP) is 0.979. The molecule has 3 atom stereocenters. The molecule has 2 amide bonds. The molecule has 0 bridgehead atoms. The van der Waals surface area contributed by atoms with Gasteiger partial charge in [0.2, 0.25) is 11.8 Å². The van der Waals surface area contributed by atoms with Gasteiger partial charge >= 0.3 is 0 Å². The largest absolute Gasteiger partial charge is 0.343 e. The summed E-state index contributed by atoms with van der Waals surface area (Å²) in [5.74, 6) is -0.403. The Morgan fingerprint density at radius 3 is 2.93 bits per heavy atom. The van der Waals surface area contributed by atoms with E-state index < -0.39 is 6.04 Å². The number of fused-ring (bicyclic) bond motifs is 1. The minimum atomic E-state index is -0.411. The summed E-state index contributed by atoms with van der Waals surface area (Å²) in [5, 5.41) is 10.4. The molecule has 0 unspecified atom stereocenters. The van der Waals surface area contributed by atoms with Crippen LogP contribution in [-0.4, -0.2) is 51.2 Å². The van der Waals surface area contributed by atoms with Gasteiger partial charge in [0.1, 0.15) is 23.6 Å². The van der Waals surface area contributed by atoms with E-state index in [2.05, 4.69) is 15.7 Å². The summed E-state index contributed by atoms with van der Waals surface area (Å²) in [6, 6.07) is 5.71. The van der Waals surface area contributed by atoms with Crippen molar-refractivity contribution in [1.82, 2.24) is 25.3 Å². The highest BCUT2D eigenvalue weighted by atomic mass is 19.1. The molecule has 2 saturated heterocycles. The topological polar surface area (TPSA) is 79.3 Å². The maximum absolute atomic E-state index is 13.9. The molecule has 0 radical (unpaired) electrons. The zero-order chi connectivity index (χ0) is 19.0. The van der Waals surface area contributed by atoms with Gasteiger partial charge in [0.15, 0.2) is 0 Å². The van der Waals surface area contributed by atoms with E-state index in [9.17, 15) is 14.0 Å². The standard InChI is InChI=1S/C19H22FN5O2/c1-2-15-19(27)24-11-13(7-17(24)18(26)23-15)21-8-12-9-22-25(10-12)16-6-4-3-5-14(16)20/h3-6,9-10,13,15,17,21H,2,7-8,11H2,1H3,(H,23,26)/t13-,15-,17-/m0/s1. The first-order valence-electron chi connectivity index (χ1n) is 9.19. The van der Waals surface area contributed by atoms with Gasteiger partial charge in [-0.3, -0.25) is 9.59 Å². The molecule has 1 aromatic heterocycles. The van der Waals surface area contributed by atoms with Crippen LogP contribution in [0.5, 0.6) is 0 Å². The molecule has 27 heavy (non-hydrogen) atoms. The molecule has 7 nitrogen and oxygen atoms in total. The third kappa shape index (κ3) is 3.32. The lowest BCUT2D eigenvalue weighted by atomic mass is 10.1. The van der Waals surface area contributed by atoms with E-state index in [-0.39, 0.29) is 29.7 Å². The van der Waals surface area contributed by atoms with Gasteiger partial charge in [0.05, 0.1) is 6.20 Å². The van der Waals surface area contributed by atoms with Crippen molar-refractivity contribution >= 4 is 11.8 Å². The molecule has 0 aliphatic carbocycles. The third-order valence-electron chi connectivity index (χ3n) is 5.24. The summed E-state index contributed by atoms with van der Waals surface area (Å²) in [4.78, 5) is 26.3. The Hall–Kier alpha value is -2.74. The van der Waals surface area contributed by atoms with Gasteiger partial charge in [-0.1, -0.05) is 19.1 Å². The maximum Gasteiger partial charge on any atom is 0.245 e. The third-order valence-corrected chi connectivity index (χ3v) is 5.24. The summed E-state index contributed by atoms with van der Waals surface area (Å²) in [5.41, 5.74) is 1.31. The first-order chi connectivity index (χ1) is 13.1. The molecule has 2 aliphatic heterocycles. The number of nitrogens with one attached hydrogen (secondary N) is 2. The number of aromatic nitrogens is 2. The number of hydrogen-bond acceptors (Lipinski definition) is 4. The molecular weight excluding hydrogens is 349 g/mol. The number of hydrogen-bond donors (Lipinski definition) is 2. The van der Waals surface area contributed by atoms with Crippen LogP contribution in [0.25, 0.3) is 5.69 Å². The minimum Gasteiger partial charge on any atom is -0.343 e. The number of rotatable bonds is 5. The highest BCUT2D eigenvalue weighted by Gasteiger charge is 2.45. The quantitative estimate of drug-likeness (QED) is 0.821. The van der Waals surface area contributed by atoms with Crippen molar-refractivity contribution in [2.45, 2.75) is 44.4 Å². The van der Waals surface area contributed by atoms with Gasteiger partial charge in [0, 0.05) is 30.9 Å². The molecule has 142 valence electrons. The number of amides is 2. The Bertz CT molecular complexity index is 867. The molecule has 3 heterocycles. The monoisotopic (exact) mass is 371 g/mol. The van der Waals surface area contributed by atoms with Crippen molar-refractivity contribution in [1.29, 1.82) is 0 Å². The van der Waals surface area contributed by atoms with Gasteiger partial charge in [-0.2, -0.15) is 5.10 Å². The SMILES string of the molecule is CC[C@@H]1NC(=O)[C@@H]2C[C@H](NCc3cnn(-c4ccccc4F)c3)CN2C1=O. The molecule has 2 aromatic rings. The Labute approximate surface area is 156 Å². The highest BCUT2D eigenvalue weighted by molar-refractivity contribution is 5.97. The first kappa shape index (κ1) is 17.7. The number of carbonyl (C=O) groups is 2. The van der Waals surface area contributed by atoms with E-state index in [1.807, 2.05) is 6.92 Å². The van der Waals surface area contributed by atoms with Gasteiger partial charge in [-0.25, -0.2) is 9.07 Å². The summed E-state index contributed by atoms with van der Waals surface area (Å²) < 4.78 is 15.4. The lowest BCUT2D eigenvalue weighted by Crippen LogP contribution is -2.60. The molecule has 2 aliphatic rings. The fraction of sp³-hybridized carbons (Fsp3) is 0.421. The average molecular weight is 371 g/mol. The highest BCUT2D eigenvalue weighted by Crippen LogP contribution is 2.24. The predicted molar refractivity (Wildman–Crippen MR) is 96.5 cm³/mol. The van der Waals surface area contributed by atoms with Crippen molar-refractivity contribution in [2.24, 2.45) is 0 Å². The average Bonchev–Trinajstić information content (AvgIpc) is 3.31. The lowest BCUT2D eigenvalue weighted by molar-refractivity contribution is -0.147. The summed E-state index contributed by atoms with van der Waals surface area (Å²) in [6.45, 7) is 2.95. The Morgan fingerprint density at radius 1 is 1.33 bits per heavy atom. The van der Waals surface area contributed by atoms with E-state index in [1.165, 1.54) is 10.7 Å². The van der Waals surface area contributed by atoms with Crippen molar-refractivity contribution in [2.75, 3.05) is 6.54 Å². The molecule has 0 spiro atoms. The Kier molecular flexibility index (Phi) is 4.65. The first-order valence-corrected chi connectivity index (χ1v) is 9.19. The van der Waals surface area contributed by atoms with Gasteiger partial charge in [-0.05, 0) is 25.0 Å².